The third-order valence-electron chi connectivity index (χ3n) is 5.31. The van der Waals surface area contributed by atoms with Crippen LogP contribution >= 0.6 is 0 Å². The molecule has 0 unspecified atom stereocenters. The van der Waals surface area contributed by atoms with Crippen LogP contribution in [0.2, 0.25) is 0 Å². The molecule has 0 fully saturated rings. The van der Waals surface area contributed by atoms with E-state index < -0.39 is 18.5 Å². The van der Waals surface area contributed by atoms with E-state index in [9.17, 15) is 9.59 Å². The highest BCUT2D eigenvalue weighted by molar-refractivity contribution is 5.97. The standard InChI is InChI=1S/C27H22N4O4/c1-19-8-5-6-11-23(19)26-30-29-25(35-26)20-12-14-21(15-13-20)27(33)34-18-24(32)31(17-7-16-28)22-9-3-2-4-10-22/h2-6,8-15H,7,17-18H2,1H3. The fourth-order valence-corrected chi connectivity index (χ4v) is 3.47. The average molecular weight is 466 g/mol. The van der Waals surface area contributed by atoms with Crippen LogP contribution in [0, 0.1) is 18.3 Å². The summed E-state index contributed by atoms with van der Waals surface area (Å²) >= 11 is 0. The Bertz CT molecular complexity index is 1360. The van der Waals surface area contributed by atoms with Gasteiger partial charge in [-0.1, -0.05) is 36.4 Å². The Morgan fingerprint density at radius 1 is 0.943 bits per heavy atom. The normalized spacial score (nSPS) is 10.4. The summed E-state index contributed by atoms with van der Waals surface area (Å²) < 4.78 is 11.0. The zero-order valence-electron chi connectivity index (χ0n) is 19.0. The molecule has 1 aromatic heterocycles. The average Bonchev–Trinajstić information content (AvgIpc) is 3.38. The van der Waals surface area contributed by atoms with Gasteiger partial charge < -0.3 is 14.1 Å². The van der Waals surface area contributed by atoms with E-state index in [0.29, 0.717) is 23.0 Å². The molecule has 4 aromatic rings. The van der Waals surface area contributed by atoms with E-state index >= 15 is 0 Å². The van der Waals surface area contributed by atoms with Gasteiger partial charge in [-0.05, 0) is 55.0 Å². The molecule has 8 heteroatoms. The summed E-state index contributed by atoms with van der Waals surface area (Å²) in [5.74, 6) is -0.302. The predicted molar refractivity (Wildman–Crippen MR) is 129 cm³/mol. The third-order valence-corrected chi connectivity index (χ3v) is 5.31. The van der Waals surface area contributed by atoms with Crippen molar-refractivity contribution in [1.29, 1.82) is 5.26 Å². The van der Waals surface area contributed by atoms with Gasteiger partial charge in [0.2, 0.25) is 11.8 Å². The highest BCUT2D eigenvalue weighted by Crippen LogP contribution is 2.26. The molecule has 35 heavy (non-hydrogen) atoms. The molecule has 0 spiro atoms. The highest BCUT2D eigenvalue weighted by Gasteiger charge is 2.18. The molecule has 0 radical (unpaired) electrons. The van der Waals surface area contributed by atoms with Crippen LogP contribution in [0.5, 0.6) is 0 Å². The molecular weight excluding hydrogens is 444 g/mol. The van der Waals surface area contributed by atoms with E-state index in [-0.39, 0.29) is 18.5 Å². The van der Waals surface area contributed by atoms with Gasteiger partial charge in [-0.15, -0.1) is 10.2 Å². The topological polar surface area (TPSA) is 109 Å². The first-order chi connectivity index (χ1) is 17.1. The largest absolute Gasteiger partial charge is 0.452 e. The molecule has 0 bridgehead atoms. The first-order valence-corrected chi connectivity index (χ1v) is 11.0. The van der Waals surface area contributed by atoms with Gasteiger partial charge in [0.1, 0.15) is 0 Å². The predicted octanol–water partition coefficient (Wildman–Crippen LogP) is 4.82. The van der Waals surface area contributed by atoms with Gasteiger partial charge >= 0.3 is 5.97 Å². The number of aromatic nitrogens is 2. The van der Waals surface area contributed by atoms with E-state index in [0.717, 1.165) is 11.1 Å². The number of rotatable bonds is 8. The number of hydrogen-bond acceptors (Lipinski definition) is 7. The van der Waals surface area contributed by atoms with Crippen molar-refractivity contribution in [2.24, 2.45) is 0 Å². The van der Waals surface area contributed by atoms with Crippen LogP contribution in [0.15, 0.2) is 83.3 Å². The van der Waals surface area contributed by atoms with Crippen molar-refractivity contribution in [3.63, 3.8) is 0 Å². The van der Waals surface area contributed by atoms with E-state index in [1.165, 1.54) is 4.90 Å². The van der Waals surface area contributed by atoms with Crippen molar-refractivity contribution in [2.75, 3.05) is 18.1 Å². The lowest BCUT2D eigenvalue weighted by atomic mass is 10.1. The van der Waals surface area contributed by atoms with Crippen LogP contribution in [0.3, 0.4) is 0 Å². The first kappa shape index (κ1) is 23.4. The number of amides is 1. The monoisotopic (exact) mass is 466 g/mol. The van der Waals surface area contributed by atoms with Crippen molar-refractivity contribution < 1.29 is 18.7 Å². The molecular formula is C27H22N4O4. The molecule has 3 aromatic carbocycles. The number of nitriles is 1. The molecule has 0 saturated carbocycles. The summed E-state index contributed by atoms with van der Waals surface area (Å²) in [5.41, 5.74) is 3.45. The Hall–Kier alpha value is -4.77. The van der Waals surface area contributed by atoms with Crippen LogP contribution in [0.25, 0.3) is 22.9 Å². The minimum absolute atomic E-state index is 0.164. The molecule has 4 rings (SSSR count). The van der Waals surface area contributed by atoms with Crippen LogP contribution in [-0.2, 0) is 9.53 Å². The van der Waals surface area contributed by atoms with Gasteiger partial charge in [-0.2, -0.15) is 5.26 Å². The lowest BCUT2D eigenvalue weighted by molar-refractivity contribution is -0.121. The summed E-state index contributed by atoms with van der Waals surface area (Å²) in [6.45, 7) is 1.73. The fraction of sp³-hybridized carbons (Fsp3) is 0.148. The Labute approximate surface area is 202 Å². The summed E-state index contributed by atoms with van der Waals surface area (Å²) in [5, 5.41) is 17.1. The van der Waals surface area contributed by atoms with Crippen LogP contribution in [0.4, 0.5) is 5.69 Å². The van der Waals surface area contributed by atoms with Crippen molar-refractivity contribution in [3.8, 4) is 29.0 Å². The minimum atomic E-state index is -0.635. The molecule has 0 aliphatic carbocycles. The summed E-state index contributed by atoms with van der Waals surface area (Å²) in [6.07, 6.45) is 0.164. The van der Waals surface area contributed by atoms with Crippen molar-refractivity contribution in [2.45, 2.75) is 13.3 Å². The second-order valence-corrected chi connectivity index (χ2v) is 7.67. The maximum absolute atomic E-state index is 12.7. The van der Waals surface area contributed by atoms with Gasteiger partial charge in [0, 0.05) is 23.4 Å². The maximum atomic E-state index is 12.7. The number of benzene rings is 3. The number of hydrogen-bond donors (Lipinski definition) is 0. The van der Waals surface area contributed by atoms with Gasteiger partial charge in [0.05, 0.1) is 18.1 Å². The van der Waals surface area contributed by atoms with Gasteiger partial charge in [0.25, 0.3) is 5.91 Å². The van der Waals surface area contributed by atoms with Gasteiger partial charge in [0.15, 0.2) is 6.61 Å². The summed E-state index contributed by atoms with van der Waals surface area (Å²) in [4.78, 5) is 26.6. The Kier molecular flexibility index (Phi) is 7.28. The smallest absolute Gasteiger partial charge is 0.338 e. The second-order valence-electron chi connectivity index (χ2n) is 7.67. The SMILES string of the molecule is Cc1ccccc1-c1nnc(-c2ccc(C(=O)OCC(=O)N(CCC#N)c3ccccc3)cc2)o1. The molecule has 0 aliphatic heterocycles. The van der Waals surface area contributed by atoms with E-state index in [1.54, 1.807) is 48.5 Å². The number of carbonyl (C=O) groups excluding carboxylic acids is 2. The number of esters is 1. The molecule has 0 atom stereocenters. The maximum Gasteiger partial charge on any atom is 0.338 e. The van der Waals surface area contributed by atoms with Crippen LogP contribution < -0.4 is 4.90 Å². The van der Waals surface area contributed by atoms with Crippen molar-refractivity contribution in [3.05, 3.63) is 90.0 Å². The highest BCUT2D eigenvalue weighted by atomic mass is 16.5. The number of para-hydroxylation sites is 1. The number of carbonyl (C=O) groups is 2. The summed E-state index contributed by atoms with van der Waals surface area (Å²) in [6, 6.07) is 25.2. The Morgan fingerprint density at radius 2 is 1.63 bits per heavy atom. The molecule has 0 saturated heterocycles. The summed E-state index contributed by atoms with van der Waals surface area (Å²) in [7, 11) is 0. The van der Waals surface area contributed by atoms with E-state index in [1.807, 2.05) is 43.3 Å². The fourth-order valence-electron chi connectivity index (χ4n) is 3.47. The molecule has 1 amide bonds. The van der Waals surface area contributed by atoms with Gasteiger partial charge in [-0.25, -0.2) is 4.79 Å². The molecule has 1 heterocycles. The van der Waals surface area contributed by atoms with E-state index in [4.69, 9.17) is 14.4 Å². The molecule has 0 N–H and O–H groups in total. The third kappa shape index (κ3) is 5.60. The van der Waals surface area contributed by atoms with Gasteiger partial charge in [-0.3, -0.25) is 4.79 Å². The number of anilines is 1. The Morgan fingerprint density at radius 3 is 2.34 bits per heavy atom. The van der Waals surface area contributed by atoms with Crippen LogP contribution in [-0.4, -0.2) is 35.2 Å². The lowest BCUT2D eigenvalue weighted by Crippen LogP contribution is -2.35. The zero-order valence-corrected chi connectivity index (χ0v) is 19.0. The number of ether oxygens (including phenoxy) is 1. The minimum Gasteiger partial charge on any atom is -0.452 e. The number of aryl methyl sites for hydroxylation is 1. The molecule has 8 nitrogen and oxygen atoms in total. The van der Waals surface area contributed by atoms with E-state index in [2.05, 4.69) is 10.2 Å². The molecule has 0 aliphatic rings. The van der Waals surface area contributed by atoms with Crippen molar-refractivity contribution >= 4 is 17.6 Å². The first-order valence-electron chi connectivity index (χ1n) is 11.0. The lowest BCUT2D eigenvalue weighted by Gasteiger charge is -2.21. The quantitative estimate of drug-likeness (QED) is 0.343. The Balaban J connectivity index is 1.40. The molecule has 174 valence electrons. The zero-order chi connectivity index (χ0) is 24.6. The number of nitrogens with zero attached hydrogens (tertiary/aromatic N) is 4. The second kappa shape index (κ2) is 10.9. The van der Waals surface area contributed by atoms with Crippen LogP contribution in [0.1, 0.15) is 22.3 Å². The van der Waals surface area contributed by atoms with Crippen molar-refractivity contribution in [1.82, 2.24) is 10.2 Å².